The van der Waals surface area contributed by atoms with Crippen LogP contribution in [0.2, 0.25) is 0 Å². The van der Waals surface area contributed by atoms with E-state index in [2.05, 4.69) is 5.32 Å². The molecule has 2 aromatic carbocycles. The van der Waals surface area contributed by atoms with Crippen LogP contribution in [-0.2, 0) is 4.79 Å². The maximum absolute atomic E-state index is 12.4. The number of carbonyl (C=O) groups excluding carboxylic acids is 1. The zero-order valence-electron chi connectivity index (χ0n) is 14.5. The summed E-state index contributed by atoms with van der Waals surface area (Å²) < 4.78 is 10.9. The second-order valence-corrected chi connectivity index (χ2v) is 5.66. The van der Waals surface area contributed by atoms with Crippen LogP contribution in [0.5, 0.6) is 11.5 Å². The number of methoxy groups -OCH3 is 1. The van der Waals surface area contributed by atoms with Crippen LogP contribution in [0.15, 0.2) is 36.4 Å². The van der Waals surface area contributed by atoms with E-state index in [-0.39, 0.29) is 11.4 Å². The van der Waals surface area contributed by atoms with Crippen LogP contribution < -0.4 is 14.8 Å². The first kappa shape index (κ1) is 18.3. The summed E-state index contributed by atoms with van der Waals surface area (Å²) in [6.45, 7) is 5.44. The SMILES string of the molecule is COc1ccc([N+](=O)[O-])cc1NC(=O)[C@H](C)Oc1cc(C)ccc1C. The van der Waals surface area contributed by atoms with Crippen LogP contribution >= 0.6 is 0 Å². The molecule has 2 rings (SSSR count). The fraction of sp³-hybridized carbons (Fsp3) is 0.278. The predicted octanol–water partition coefficient (Wildman–Crippen LogP) is 3.63. The molecule has 0 aliphatic heterocycles. The van der Waals surface area contributed by atoms with E-state index in [1.807, 2.05) is 32.0 Å². The lowest BCUT2D eigenvalue weighted by Gasteiger charge is -2.17. The zero-order chi connectivity index (χ0) is 18.6. The van der Waals surface area contributed by atoms with E-state index in [1.165, 1.54) is 25.3 Å². The third-order valence-corrected chi connectivity index (χ3v) is 3.67. The van der Waals surface area contributed by atoms with E-state index in [0.717, 1.165) is 11.1 Å². The van der Waals surface area contributed by atoms with Crippen molar-refractivity contribution in [2.75, 3.05) is 12.4 Å². The van der Waals surface area contributed by atoms with Crippen LogP contribution in [0, 0.1) is 24.0 Å². The second kappa shape index (κ2) is 7.65. The summed E-state index contributed by atoms with van der Waals surface area (Å²) >= 11 is 0. The van der Waals surface area contributed by atoms with Gasteiger partial charge < -0.3 is 14.8 Å². The van der Waals surface area contributed by atoms with E-state index in [4.69, 9.17) is 9.47 Å². The topological polar surface area (TPSA) is 90.7 Å². The van der Waals surface area contributed by atoms with Crippen LogP contribution in [0.4, 0.5) is 11.4 Å². The molecule has 0 fully saturated rings. The molecule has 0 aromatic heterocycles. The molecule has 1 N–H and O–H groups in total. The van der Waals surface area contributed by atoms with Gasteiger partial charge in [0, 0.05) is 12.1 Å². The first-order valence-corrected chi connectivity index (χ1v) is 7.69. The number of benzene rings is 2. The van der Waals surface area contributed by atoms with Gasteiger partial charge in [0.25, 0.3) is 11.6 Å². The van der Waals surface area contributed by atoms with E-state index < -0.39 is 16.9 Å². The molecule has 0 aliphatic rings. The molecule has 0 heterocycles. The van der Waals surface area contributed by atoms with Crippen molar-refractivity contribution >= 4 is 17.3 Å². The van der Waals surface area contributed by atoms with Gasteiger partial charge in [0.15, 0.2) is 6.10 Å². The van der Waals surface area contributed by atoms with Crippen LogP contribution in [0.3, 0.4) is 0 Å². The summed E-state index contributed by atoms with van der Waals surface area (Å²) in [6.07, 6.45) is -0.788. The number of nitro groups is 1. The number of ether oxygens (including phenoxy) is 2. The molecule has 0 bridgehead atoms. The van der Waals surface area contributed by atoms with Gasteiger partial charge in [0.05, 0.1) is 17.7 Å². The Kier molecular flexibility index (Phi) is 5.59. The van der Waals surface area contributed by atoms with E-state index in [0.29, 0.717) is 11.5 Å². The smallest absolute Gasteiger partial charge is 0.271 e. The van der Waals surface area contributed by atoms with Gasteiger partial charge in [-0.2, -0.15) is 0 Å². The quantitative estimate of drug-likeness (QED) is 0.638. The van der Waals surface area contributed by atoms with E-state index in [1.54, 1.807) is 6.92 Å². The van der Waals surface area contributed by atoms with Gasteiger partial charge in [0.1, 0.15) is 11.5 Å². The molecule has 2 aromatic rings. The van der Waals surface area contributed by atoms with Crippen molar-refractivity contribution in [3.05, 3.63) is 57.6 Å². The molecule has 7 heteroatoms. The van der Waals surface area contributed by atoms with Crippen molar-refractivity contribution in [1.29, 1.82) is 0 Å². The van der Waals surface area contributed by atoms with Crippen molar-refractivity contribution in [3.8, 4) is 11.5 Å². The fourth-order valence-electron chi connectivity index (χ4n) is 2.22. The number of nitro benzene ring substituents is 1. The van der Waals surface area contributed by atoms with Crippen molar-refractivity contribution in [3.63, 3.8) is 0 Å². The van der Waals surface area contributed by atoms with Crippen molar-refractivity contribution in [2.45, 2.75) is 26.9 Å². The van der Waals surface area contributed by atoms with Gasteiger partial charge in [0.2, 0.25) is 0 Å². The van der Waals surface area contributed by atoms with E-state index in [9.17, 15) is 14.9 Å². The van der Waals surface area contributed by atoms with Crippen LogP contribution in [0.25, 0.3) is 0 Å². The monoisotopic (exact) mass is 344 g/mol. The summed E-state index contributed by atoms with van der Waals surface area (Å²) in [7, 11) is 1.42. The minimum Gasteiger partial charge on any atom is -0.495 e. The highest BCUT2D eigenvalue weighted by Gasteiger charge is 2.19. The molecule has 0 saturated carbocycles. The Hall–Kier alpha value is -3.09. The number of hydrogen-bond donors (Lipinski definition) is 1. The highest BCUT2D eigenvalue weighted by atomic mass is 16.6. The molecule has 0 saturated heterocycles. The predicted molar refractivity (Wildman–Crippen MR) is 94.3 cm³/mol. The molecule has 25 heavy (non-hydrogen) atoms. The number of amides is 1. The molecule has 1 atom stereocenters. The number of rotatable bonds is 6. The summed E-state index contributed by atoms with van der Waals surface area (Å²) in [5.74, 6) is 0.520. The number of hydrogen-bond acceptors (Lipinski definition) is 5. The summed E-state index contributed by atoms with van der Waals surface area (Å²) in [4.78, 5) is 22.8. The summed E-state index contributed by atoms with van der Waals surface area (Å²) in [6, 6.07) is 9.72. The number of nitrogens with zero attached hydrogens (tertiary/aromatic N) is 1. The Morgan fingerprint density at radius 1 is 1.16 bits per heavy atom. The molecular weight excluding hydrogens is 324 g/mol. The molecule has 0 aliphatic carbocycles. The standard InChI is InChI=1S/C18H20N2O5/c1-11-5-6-12(2)17(9-11)25-13(3)18(21)19-15-10-14(20(22)23)7-8-16(15)24-4/h5-10,13H,1-4H3,(H,19,21)/t13-/m0/s1. The Morgan fingerprint density at radius 2 is 1.88 bits per heavy atom. The third kappa shape index (κ3) is 4.47. The third-order valence-electron chi connectivity index (χ3n) is 3.67. The first-order chi connectivity index (χ1) is 11.8. The number of nitrogens with one attached hydrogen (secondary N) is 1. The van der Waals surface area contributed by atoms with Crippen molar-refractivity contribution in [2.24, 2.45) is 0 Å². The van der Waals surface area contributed by atoms with Crippen molar-refractivity contribution in [1.82, 2.24) is 0 Å². The van der Waals surface area contributed by atoms with Gasteiger partial charge in [-0.25, -0.2) is 0 Å². The minimum absolute atomic E-state index is 0.140. The Labute approximate surface area is 145 Å². The Bertz CT molecular complexity index is 804. The van der Waals surface area contributed by atoms with Gasteiger partial charge in [-0.15, -0.1) is 0 Å². The van der Waals surface area contributed by atoms with Gasteiger partial charge in [-0.05, 0) is 44.0 Å². The van der Waals surface area contributed by atoms with Crippen LogP contribution in [0.1, 0.15) is 18.1 Å². The molecule has 0 unspecified atom stereocenters. The number of anilines is 1. The lowest BCUT2D eigenvalue weighted by molar-refractivity contribution is -0.384. The lowest BCUT2D eigenvalue weighted by Crippen LogP contribution is -2.30. The average molecular weight is 344 g/mol. The molecular formula is C18H20N2O5. The minimum atomic E-state index is -0.788. The first-order valence-electron chi connectivity index (χ1n) is 7.69. The molecule has 1 amide bonds. The Morgan fingerprint density at radius 3 is 2.52 bits per heavy atom. The molecule has 7 nitrogen and oxygen atoms in total. The number of aryl methyl sites for hydroxylation is 2. The largest absolute Gasteiger partial charge is 0.495 e. The molecule has 0 radical (unpaired) electrons. The highest BCUT2D eigenvalue weighted by Crippen LogP contribution is 2.29. The fourth-order valence-corrected chi connectivity index (χ4v) is 2.22. The maximum atomic E-state index is 12.4. The van der Waals surface area contributed by atoms with Gasteiger partial charge >= 0.3 is 0 Å². The lowest BCUT2D eigenvalue weighted by atomic mass is 10.1. The Balaban J connectivity index is 2.17. The van der Waals surface area contributed by atoms with Gasteiger partial charge in [-0.1, -0.05) is 12.1 Å². The second-order valence-electron chi connectivity index (χ2n) is 5.66. The summed E-state index contributed by atoms with van der Waals surface area (Å²) in [5.41, 5.74) is 2.02. The van der Waals surface area contributed by atoms with Crippen molar-refractivity contribution < 1.29 is 19.2 Å². The average Bonchev–Trinajstić information content (AvgIpc) is 2.57. The summed E-state index contributed by atoms with van der Waals surface area (Å²) in [5, 5.41) is 13.5. The van der Waals surface area contributed by atoms with Gasteiger partial charge in [-0.3, -0.25) is 14.9 Å². The number of carbonyl (C=O) groups is 1. The highest BCUT2D eigenvalue weighted by molar-refractivity contribution is 5.95. The van der Waals surface area contributed by atoms with E-state index >= 15 is 0 Å². The zero-order valence-corrected chi connectivity index (χ0v) is 14.5. The molecule has 0 spiro atoms. The number of non-ortho nitro benzene ring substituents is 1. The molecule has 132 valence electrons. The maximum Gasteiger partial charge on any atom is 0.271 e. The van der Waals surface area contributed by atoms with Crippen LogP contribution in [-0.4, -0.2) is 24.0 Å². The normalized spacial score (nSPS) is 11.5.